The molecular weight excluding hydrogens is 166 g/mol. The second-order valence-corrected chi connectivity index (χ2v) is 2.61. The number of rotatable bonds is 4. The van der Waals surface area contributed by atoms with E-state index < -0.39 is 0 Å². The van der Waals surface area contributed by atoms with Crippen molar-refractivity contribution in [3.63, 3.8) is 0 Å². The standard InChI is InChI=1S/C9H11N3O/c1-2-3-9(11-12-13)8-4-6-10-7-5-8/h4-7H,2-3H2,1H3. The zero-order chi connectivity index (χ0) is 9.52. The maximum absolute atomic E-state index is 10.0. The van der Waals surface area contributed by atoms with Gasteiger partial charge in [-0.1, -0.05) is 13.3 Å². The lowest BCUT2D eigenvalue weighted by Gasteiger charge is -2.00. The fourth-order valence-corrected chi connectivity index (χ4v) is 1.08. The zero-order valence-electron chi connectivity index (χ0n) is 7.47. The Bertz CT molecular complexity index is 295. The highest BCUT2D eigenvalue weighted by Gasteiger charge is 2.01. The van der Waals surface area contributed by atoms with E-state index >= 15 is 0 Å². The summed E-state index contributed by atoms with van der Waals surface area (Å²) in [4.78, 5) is 13.9. The molecule has 0 radical (unpaired) electrons. The molecule has 0 atom stereocenters. The van der Waals surface area contributed by atoms with Crippen molar-refractivity contribution in [2.24, 2.45) is 10.4 Å². The molecule has 1 aromatic rings. The molecule has 0 saturated carbocycles. The number of nitroso groups, excluding NO2 is 1. The number of pyridine rings is 1. The van der Waals surface area contributed by atoms with Crippen LogP contribution in [0.15, 0.2) is 34.9 Å². The van der Waals surface area contributed by atoms with E-state index in [-0.39, 0.29) is 0 Å². The van der Waals surface area contributed by atoms with Crippen LogP contribution in [0.25, 0.3) is 0 Å². The normalized spacial score (nSPS) is 11.3. The minimum absolute atomic E-state index is 0.722. The van der Waals surface area contributed by atoms with Gasteiger partial charge < -0.3 is 0 Å². The van der Waals surface area contributed by atoms with E-state index in [9.17, 15) is 4.91 Å². The van der Waals surface area contributed by atoms with E-state index in [0.29, 0.717) is 0 Å². The van der Waals surface area contributed by atoms with E-state index in [1.165, 1.54) is 0 Å². The fourth-order valence-electron chi connectivity index (χ4n) is 1.08. The lowest BCUT2D eigenvalue weighted by atomic mass is 10.1. The number of hydrogen-bond donors (Lipinski definition) is 0. The predicted molar refractivity (Wildman–Crippen MR) is 51.5 cm³/mol. The Kier molecular flexibility index (Phi) is 3.75. The molecule has 0 N–H and O–H groups in total. The van der Waals surface area contributed by atoms with Crippen molar-refractivity contribution < 1.29 is 0 Å². The van der Waals surface area contributed by atoms with Crippen molar-refractivity contribution in [1.29, 1.82) is 0 Å². The topological polar surface area (TPSA) is 54.7 Å². The molecule has 4 nitrogen and oxygen atoms in total. The van der Waals surface area contributed by atoms with E-state index in [1.54, 1.807) is 12.4 Å². The SMILES string of the molecule is CCCC(=NN=O)c1ccncc1. The van der Waals surface area contributed by atoms with Gasteiger partial charge in [0.05, 0.1) is 11.0 Å². The van der Waals surface area contributed by atoms with Crippen LogP contribution < -0.4 is 0 Å². The Balaban J connectivity index is 2.89. The van der Waals surface area contributed by atoms with Crippen molar-refractivity contribution in [3.8, 4) is 0 Å². The molecule has 0 aliphatic carbocycles. The van der Waals surface area contributed by atoms with Gasteiger partial charge in [-0.15, -0.1) is 10.0 Å². The van der Waals surface area contributed by atoms with Gasteiger partial charge in [0.1, 0.15) is 0 Å². The Hall–Kier alpha value is -1.58. The van der Waals surface area contributed by atoms with Crippen LogP contribution in [-0.4, -0.2) is 10.7 Å². The summed E-state index contributed by atoms with van der Waals surface area (Å²) in [5.74, 6) is 0. The molecule has 0 aromatic carbocycles. The Labute approximate surface area is 76.7 Å². The molecular formula is C9H11N3O. The van der Waals surface area contributed by atoms with Crippen molar-refractivity contribution in [1.82, 2.24) is 4.98 Å². The van der Waals surface area contributed by atoms with Gasteiger partial charge in [-0.25, -0.2) is 0 Å². The van der Waals surface area contributed by atoms with Gasteiger partial charge in [0.25, 0.3) is 0 Å². The van der Waals surface area contributed by atoms with Crippen molar-refractivity contribution in [2.75, 3.05) is 0 Å². The number of nitrogens with zero attached hydrogens (tertiary/aromatic N) is 3. The smallest absolute Gasteiger partial charge is 0.0800 e. The van der Waals surface area contributed by atoms with Crippen LogP contribution in [0.5, 0.6) is 0 Å². The Morgan fingerprint density at radius 1 is 1.46 bits per heavy atom. The van der Waals surface area contributed by atoms with E-state index in [2.05, 4.69) is 15.4 Å². The Morgan fingerprint density at radius 2 is 2.15 bits per heavy atom. The van der Waals surface area contributed by atoms with Crippen molar-refractivity contribution in [2.45, 2.75) is 19.8 Å². The molecule has 0 aliphatic rings. The molecule has 1 rings (SSSR count). The van der Waals surface area contributed by atoms with Crippen molar-refractivity contribution >= 4 is 5.71 Å². The summed E-state index contributed by atoms with van der Waals surface area (Å²) < 4.78 is 0. The van der Waals surface area contributed by atoms with Crippen LogP contribution >= 0.6 is 0 Å². The number of hydrogen-bond acceptors (Lipinski definition) is 3. The van der Waals surface area contributed by atoms with Crippen molar-refractivity contribution in [3.05, 3.63) is 35.0 Å². The summed E-state index contributed by atoms with van der Waals surface area (Å²) in [5, 5.41) is 6.09. The summed E-state index contributed by atoms with van der Waals surface area (Å²) in [7, 11) is 0. The largest absolute Gasteiger partial charge is 0.265 e. The third kappa shape index (κ3) is 2.74. The van der Waals surface area contributed by atoms with Gasteiger partial charge >= 0.3 is 0 Å². The highest BCUT2D eigenvalue weighted by Crippen LogP contribution is 2.05. The van der Waals surface area contributed by atoms with Gasteiger partial charge in [0.2, 0.25) is 0 Å². The molecule has 0 aliphatic heterocycles. The van der Waals surface area contributed by atoms with Crippen LogP contribution in [0.3, 0.4) is 0 Å². The van der Waals surface area contributed by atoms with Crippen LogP contribution in [0, 0.1) is 4.91 Å². The highest BCUT2D eigenvalue weighted by molar-refractivity contribution is 6.00. The summed E-state index contributed by atoms with van der Waals surface area (Å²) in [6, 6.07) is 3.64. The second kappa shape index (κ2) is 5.13. The van der Waals surface area contributed by atoms with Gasteiger partial charge in [-0.3, -0.25) is 4.98 Å². The predicted octanol–water partition coefficient (Wildman–Crippen LogP) is 2.35. The van der Waals surface area contributed by atoms with E-state index in [4.69, 9.17) is 0 Å². The minimum Gasteiger partial charge on any atom is -0.265 e. The molecule has 0 saturated heterocycles. The van der Waals surface area contributed by atoms with E-state index in [1.807, 2.05) is 19.1 Å². The third-order valence-electron chi connectivity index (χ3n) is 1.66. The second-order valence-electron chi connectivity index (χ2n) is 2.61. The Morgan fingerprint density at radius 3 is 2.69 bits per heavy atom. The number of aromatic nitrogens is 1. The molecule has 1 aromatic heterocycles. The third-order valence-corrected chi connectivity index (χ3v) is 1.66. The first-order valence-corrected chi connectivity index (χ1v) is 4.18. The first-order chi connectivity index (χ1) is 6.38. The molecule has 0 bridgehead atoms. The molecule has 0 amide bonds. The van der Waals surface area contributed by atoms with Gasteiger partial charge in [0.15, 0.2) is 0 Å². The fraction of sp³-hybridized carbons (Fsp3) is 0.333. The first-order valence-electron chi connectivity index (χ1n) is 4.18. The van der Waals surface area contributed by atoms with Crippen LogP contribution in [-0.2, 0) is 0 Å². The maximum atomic E-state index is 10.0. The van der Waals surface area contributed by atoms with Gasteiger partial charge in [-0.05, 0) is 18.6 Å². The quantitative estimate of drug-likeness (QED) is 0.402. The average molecular weight is 177 g/mol. The maximum Gasteiger partial charge on any atom is 0.0800 e. The molecule has 68 valence electrons. The monoisotopic (exact) mass is 177 g/mol. The first kappa shape index (κ1) is 9.51. The highest BCUT2D eigenvalue weighted by atomic mass is 16.3. The molecule has 0 unspecified atom stereocenters. The van der Waals surface area contributed by atoms with Crippen LogP contribution in [0.4, 0.5) is 0 Å². The summed E-state index contributed by atoms with van der Waals surface area (Å²) in [6.07, 6.45) is 5.04. The molecule has 1 heterocycles. The summed E-state index contributed by atoms with van der Waals surface area (Å²) in [6.45, 7) is 2.03. The zero-order valence-corrected chi connectivity index (χ0v) is 7.47. The van der Waals surface area contributed by atoms with Crippen LogP contribution in [0.1, 0.15) is 25.3 Å². The lowest BCUT2D eigenvalue weighted by Crippen LogP contribution is -1.99. The minimum atomic E-state index is 0.722. The molecule has 0 spiro atoms. The van der Waals surface area contributed by atoms with E-state index in [0.717, 1.165) is 24.1 Å². The summed E-state index contributed by atoms with van der Waals surface area (Å²) in [5.41, 5.74) is 1.64. The molecule has 0 fully saturated rings. The summed E-state index contributed by atoms with van der Waals surface area (Å²) >= 11 is 0. The molecule has 4 heteroatoms. The van der Waals surface area contributed by atoms with Crippen LogP contribution in [0.2, 0.25) is 0 Å². The van der Waals surface area contributed by atoms with Gasteiger partial charge in [0, 0.05) is 18.0 Å². The van der Waals surface area contributed by atoms with Gasteiger partial charge in [-0.2, -0.15) is 0 Å². The lowest BCUT2D eigenvalue weighted by molar-refractivity contribution is 0.980. The molecule has 13 heavy (non-hydrogen) atoms. The average Bonchev–Trinajstić information content (AvgIpc) is 2.19.